The average Bonchev–Trinajstić information content (AvgIpc) is 2.66. The number of likely N-dealkylation sites (N-methyl/N-ethyl adjacent to an activating group) is 1. The molecule has 7 nitrogen and oxygen atoms in total. The van der Waals surface area contributed by atoms with Crippen molar-refractivity contribution in [1.29, 1.82) is 0 Å². The quantitative estimate of drug-likeness (QED) is 0.760. The van der Waals surface area contributed by atoms with E-state index in [4.69, 9.17) is 9.47 Å². The van der Waals surface area contributed by atoms with Crippen molar-refractivity contribution in [1.82, 2.24) is 5.32 Å². The Kier molecular flexibility index (Phi) is 6.46. The molecule has 0 aliphatic rings. The topological polar surface area (TPSA) is 84.9 Å². The second-order valence-corrected chi connectivity index (χ2v) is 7.18. The molecule has 2 aromatic carbocycles. The van der Waals surface area contributed by atoms with Gasteiger partial charge in [0.25, 0.3) is 10.0 Å². The molecule has 1 N–H and O–H groups in total. The number of hydrogen-bond donors (Lipinski definition) is 1. The normalized spacial score (nSPS) is 10.9. The number of nitrogens with zero attached hydrogens (tertiary/aromatic N) is 1. The number of carbonyl (C=O) groups is 1. The Hall–Kier alpha value is -2.74. The highest BCUT2D eigenvalue weighted by Crippen LogP contribution is 2.35. The molecule has 0 atom stereocenters. The molecule has 0 unspecified atom stereocenters. The molecule has 0 fully saturated rings. The summed E-state index contributed by atoms with van der Waals surface area (Å²) in [5, 5.41) is 2.62. The van der Waals surface area contributed by atoms with Crippen molar-refractivity contribution >= 4 is 21.6 Å². The van der Waals surface area contributed by atoms with Crippen molar-refractivity contribution in [2.24, 2.45) is 0 Å². The summed E-state index contributed by atoms with van der Waals surface area (Å²) in [4.78, 5) is 12.2. The maximum Gasteiger partial charge on any atom is 0.264 e. The van der Waals surface area contributed by atoms with Crippen LogP contribution in [-0.4, -0.2) is 41.6 Å². The van der Waals surface area contributed by atoms with Crippen LogP contribution in [0.4, 0.5) is 5.69 Å². The lowest BCUT2D eigenvalue weighted by Gasteiger charge is -2.26. The molecular formula is C18H22N2O5S. The number of rotatable bonds is 8. The fraction of sp³-hybridized carbons (Fsp3) is 0.278. The van der Waals surface area contributed by atoms with Gasteiger partial charge < -0.3 is 14.8 Å². The van der Waals surface area contributed by atoms with E-state index >= 15 is 0 Å². The van der Waals surface area contributed by atoms with Gasteiger partial charge in [-0.05, 0) is 31.2 Å². The van der Waals surface area contributed by atoms with Crippen LogP contribution in [-0.2, 0) is 14.8 Å². The summed E-state index contributed by atoms with van der Waals surface area (Å²) in [6.07, 6.45) is 0. The Balaban J connectivity index is 2.60. The number of sulfonamides is 1. The molecule has 0 saturated carbocycles. The predicted molar refractivity (Wildman–Crippen MR) is 99.2 cm³/mol. The lowest BCUT2D eigenvalue weighted by atomic mass is 10.2. The Morgan fingerprint density at radius 1 is 1.08 bits per heavy atom. The molecule has 0 spiro atoms. The standard InChI is InChI=1S/C18H22N2O5S/c1-4-19-18(21)13-20(26(22,23)15-8-6-5-7-9-15)16-12-14(24-2)10-11-17(16)25-3/h5-12H,4,13H2,1-3H3,(H,19,21). The summed E-state index contributed by atoms with van der Waals surface area (Å²) < 4.78 is 37.9. The highest BCUT2D eigenvalue weighted by molar-refractivity contribution is 7.92. The Bertz CT molecular complexity index is 853. The zero-order valence-electron chi connectivity index (χ0n) is 14.9. The van der Waals surface area contributed by atoms with Gasteiger partial charge in [-0.15, -0.1) is 0 Å². The first kappa shape index (κ1) is 19.6. The molecule has 8 heteroatoms. The van der Waals surface area contributed by atoms with Crippen molar-refractivity contribution in [2.45, 2.75) is 11.8 Å². The van der Waals surface area contributed by atoms with Gasteiger partial charge in [-0.3, -0.25) is 9.10 Å². The highest BCUT2D eigenvalue weighted by atomic mass is 32.2. The third kappa shape index (κ3) is 4.26. The van der Waals surface area contributed by atoms with Crippen LogP contribution in [0.15, 0.2) is 53.4 Å². The monoisotopic (exact) mass is 378 g/mol. The maximum absolute atomic E-state index is 13.2. The van der Waals surface area contributed by atoms with E-state index in [1.165, 1.54) is 32.4 Å². The molecule has 0 aliphatic heterocycles. The molecule has 2 rings (SSSR count). The smallest absolute Gasteiger partial charge is 0.264 e. The van der Waals surface area contributed by atoms with E-state index in [0.29, 0.717) is 18.0 Å². The van der Waals surface area contributed by atoms with Gasteiger partial charge in [0.05, 0.1) is 24.8 Å². The minimum atomic E-state index is -3.99. The van der Waals surface area contributed by atoms with Crippen LogP contribution in [0.1, 0.15) is 6.92 Å². The lowest BCUT2D eigenvalue weighted by Crippen LogP contribution is -2.41. The highest BCUT2D eigenvalue weighted by Gasteiger charge is 2.29. The van der Waals surface area contributed by atoms with Gasteiger partial charge in [-0.1, -0.05) is 18.2 Å². The van der Waals surface area contributed by atoms with Gasteiger partial charge in [0, 0.05) is 12.6 Å². The molecule has 2 aromatic rings. The van der Waals surface area contributed by atoms with Gasteiger partial charge >= 0.3 is 0 Å². The van der Waals surface area contributed by atoms with Crippen LogP contribution in [0.2, 0.25) is 0 Å². The summed E-state index contributed by atoms with van der Waals surface area (Å²) in [5.41, 5.74) is 0.224. The van der Waals surface area contributed by atoms with E-state index in [0.717, 1.165) is 4.31 Å². The largest absolute Gasteiger partial charge is 0.497 e. The lowest BCUT2D eigenvalue weighted by molar-refractivity contribution is -0.119. The minimum Gasteiger partial charge on any atom is -0.497 e. The molecule has 0 saturated heterocycles. The van der Waals surface area contributed by atoms with E-state index in [-0.39, 0.29) is 17.1 Å². The second kappa shape index (κ2) is 8.57. The van der Waals surface area contributed by atoms with Gasteiger partial charge in [0.1, 0.15) is 18.0 Å². The molecule has 0 heterocycles. The van der Waals surface area contributed by atoms with Gasteiger partial charge in [-0.25, -0.2) is 8.42 Å². The molecule has 0 bridgehead atoms. The fourth-order valence-electron chi connectivity index (χ4n) is 2.39. The number of amides is 1. The number of benzene rings is 2. The minimum absolute atomic E-state index is 0.0779. The first-order valence-corrected chi connectivity index (χ1v) is 9.44. The molecule has 0 aliphatic carbocycles. The number of hydrogen-bond acceptors (Lipinski definition) is 5. The van der Waals surface area contributed by atoms with Gasteiger partial charge in [0.15, 0.2) is 0 Å². The zero-order chi connectivity index (χ0) is 19.2. The van der Waals surface area contributed by atoms with Crippen molar-refractivity contribution in [3.8, 4) is 11.5 Å². The van der Waals surface area contributed by atoms with Crippen LogP contribution in [0.25, 0.3) is 0 Å². The molecule has 1 amide bonds. The van der Waals surface area contributed by atoms with E-state index < -0.39 is 15.9 Å². The van der Waals surface area contributed by atoms with Crippen molar-refractivity contribution < 1.29 is 22.7 Å². The van der Waals surface area contributed by atoms with Crippen LogP contribution >= 0.6 is 0 Å². The summed E-state index contributed by atoms with van der Waals surface area (Å²) in [6, 6.07) is 12.7. The Morgan fingerprint density at radius 3 is 2.35 bits per heavy atom. The predicted octanol–water partition coefficient (Wildman–Crippen LogP) is 2.04. The Labute approximate surface area is 153 Å². The zero-order valence-corrected chi connectivity index (χ0v) is 15.7. The molecular weight excluding hydrogens is 356 g/mol. The molecule has 26 heavy (non-hydrogen) atoms. The number of carbonyl (C=O) groups excluding carboxylic acids is 1. The number of anilines is 1. The number of ether oxygens (including phenoxy) is 2. The number of methoxy groups -OCH3 is 2. The maximum atomic E-state index is 13.2. The first-order valence-electron chi connectivity index (χ1n) is 8.00. The average molecular weight is 378 g/mol. The summed E-state index contributed by atoms with van der Waals surface area (Å²) >= 11 is 0. The van der Waals surface area contributed by atoms with Crippen molar-refractivity contribution in [3.05, 3.63) is 48.5 Å². The Morgan fingerprint density at radius 2 is 1.77 bits per heavy atom. The van der Waals surface area contributed by atoms with Crippen LogP contribution in [0, 0.1) is 0 Å². The summed E-state index contributed by atoms with van der Waals surface area (Å²) in [7, 11) is -1.08. The van der Waals surface area contributed by atoms with Crippen molar-refractivity contribution in [3.63, 3.8) is 0 Å². The van der Waals surface area contributed by atoms with Crippen LogP contribution < -0.4 is 19.1 Å². The second-order valence-electron chi connectivity index (χ2n) is 5.32. The number of nitrogens with one attached hydrogen (secondary N) is 1. The molecule has 0 aromatic heterocycles. The SMILES string of the molecule is CCNC(=O)CN(c1cc(OC)ccc1OC)S(=O)(=O)c1ccccc1. The third-order valence-electron chi connectivity index (χ3n) is 3.65. The van der Waals surface area contributed by atoms with Crippen molar-refractivity contribution in [2.75, 3.05) is 31.6 Å². The van der Waals surface area contributed by atoms with E-state index in [9.17, 15) is 13.2 Å². The van der Waals surface area contributed by atoms with E-state index in [2.05, 4.69) is 5.32 Å². The summed E-state index contributed by atoms with van der Waals surface area (Å²) in [5.74, 6) is 0.344. The van der Waals surface area contributed by atoms with Crippen LogP contribution in [0.3, 0.4) is 0 Å². The van der Waals surface area contributed by atoms with Gasteiger partial charge in [0.2, 0.25) is 5.91 Å². The van der Waals surface area contributed by atoms with E-state index in [1.807, 2.05) is 0 Å². The summed E-state index contributed by atoms with van der Waals surface area (Å²) in [6.45, 7) is 1.78. The van der Waals surface area contributed by atoms with Gasteiger partial charge in [-0.2, -0.15) is 0 Å². The molecule has 0 radical (unpaired) electrons. The van der Waals surface area contributed by atoms with Crippen LogP contribution in [0.5, 0.6) is 11.5 Å². The third-order valence-corrected chi connectivity index (χ3v) is 5.42. The van der Waals surface area contributed by atoms with E-state index in [1.54, 1.807) is 37.3 Å². The fourth-order valence-corrected chi connectivity index (χ4v) is 3.84. The first-order chi connectivity index (χ1) is 12.4. The molecule has 140 valence electrons.